The summed E-state index contributed by atoms with van der Waals surface area (Å²) in [5.74, 6) is -0.451. The van der Waals surface area contributed by atoms with Gasteiger partial charge in [-0.2, -0.15) is 5.10 Å². The summed E-state index contributed by atoms with van der Waals surface area (Å²) in [5, 5.41) is 14.5. The maximum atomic E-state index is 12.6. The molecule has 0 unspecified atom stereocenters. The quantitative estimate of drug-likeness (QED) is 0.839. The Labute approximate surface area is 133 Å². The zero-order valence-corrected chi connectivity index (χ0v) is 14.0. The van der Waals surface area contributed by atoms with Crippen molar-refractivity contribution >= 4 is 27.4 Å². The van der Waals surface area contributed by atoms with Crippen LogP contribution >= 0.6 is 15.9 Å². The van der Waals surface area contributed by atoms with Gasteiger partial charge in [0.15, 0.2) is 0 Å². The second kappa shape index (κ2) is 6.25. The van der Waals surface area contributed by atoms with Crippen molar-refractivity contribution in [1.29, 1.82) is 0 Å². The lowest BCUT2D eigenvalue weighted by atomic mass is 9.86. The SMILES string of the molecule is CN(C)C[C@@](C)(O)C(=O)C1=NNC[C@H]1c1ccc(Br)cc1. The fourth-order valence-electron chi connectivity index (χ4n) is 2.54. The highest BCUT2D eigenvalue weighted by Gasteiger charge is 2.39. The lowest BCUT2D eigenvalue weighted by Gasteiger charge is -2.26. The van der Waals surface area contributed by atoms with Crippen molar-refractivity contribution in [2.24, 2.45) is 5.10 Å². The van der Waals surface area contributed by atoms with Gasteiger partial charge >= 0.3 is 0 Å². The molecule has 1 aromatic rings. The van der Waals surface area contributed by atoms with Crippen LogP contribution in [-0.4, -0.2) is 54.3 Å². The molecule has 0 spiro atoms. The summed E-state index contributed by atoms with van der Waals surface area (Å²) < 4.78 is 0.988. The van der Waals surface area contributed by atoms with E-state index in [1.54, 1.807) is 4.90 Å². The van der Waals surface area contributed by atoms with Crippen LogP contribution in [0.1, 0.15) is 18.4 Å². The molecule has 0 saturated heterocycles. The van der Waals surface area contributed by atoms with Gasteiger partial charge in [-0.3, -0.25) is 4.79 Å². The molecule has 1 aliphatic rings. The Morgan fingerprint density at radius 3 is 2.67 bits per heavy atom. The van der Waals surface area contributed by atoms with Crippen LogP contribution in [0.5, 0.6) is 0 Å². The summed E-state index contributed by atoms with van der Waals surface area (Å²) in [4.78, 5) is 14.4. The molecular weight excluding hydrogens is 334 g/mol. The first-order chi connectivity index (χ1) is 9.81. The van der Waals surface area contributed by atoms with Crippen molar-refractivity contribution in [3.05, 3.63) is 34.3 Å². The second-order valence-electron chi connectivity index (χ2n) is 5.80. The molecule has 0 fully saturated rings. The highest BCUT2D eigenvalue weighted by atomic mass is 79.9. The molecule has 0 radical (unpaired) electrons. The topological polar surface area (TPSA) is 64.9 Å². The lowest BCUT2D eigenvalue weighted by molar-refractivity contribution is -0.129. The zero-order chi connectivity index (χ0) is 15.6. The smallest absolute Gasteiger partial charge is 0.211 e. The summed E-state index contributed by atoms with van der Waals surface area (Å²) in [6, 6.07) is 7.80. The van der Waals surface area contributed by atoms with E-state index in [4.69, 9.17) is 0 Å². The fraction of sp³-hybridized carbons (Fsp3) is 0.467. The van der Waals surface area contributed by atoms with Crippen LogP contribution in [0.2, 0.25) is 0 Å². The van der Waals surface area contributed by atoms with Crippen molar-refractivity contribution in [3.63, 3.8) is 0 Å². The number of hydrogen-bond donors (Lipinski definition) is 2. The number of nitrogens with zero attached hydrogens (tertiary/aromatic N) is 2. The van der Waals surface area contributed by atoms with Gasteiger partial charge in [-0.05, 0) is 38.7 Å². The third kappa shape index (κ3) is 3.70. The van der Waals surface area contributed by atoms with Crippen molar-refractivity contribution < 1.29 is 9.90 Å². The third-order valence-electron chi connectivity index (χ3n) is 3.44. The van der Waals surface area contributed by atoms with Gasteiger partial charge in [0, 0.05) is 17.6 Å². The van der Waals surface area contributed by atoms with Crippen molar-refractivity contribution in [3.8, 4) is 0 Å². The average Bonchev–Trinajstić information content (AvgIpc) is 2.86. The van der Waals surface area contributed by atoms with E-state index in [-0.39, 0.29) is 18.2 Å². The van der Waals surface area contributed by atoms with Crippen LogP contribution in [0.25, 0.3) is 0 Å². The number of Topliss-reactive ketones (excluding diaryl/α,β-unsaturated/α-hetero) is 1. The molecule has 2 N–H and O–H groups in total. The second-order valence-corrected chi connectivity index (χ2v) is 6.72. The molecule has 2 atom stereocenters. The Bertz CT molecular complexity index is 553. The van der Waals surface area contributed by atoms with Crippen molar-refractivity contribution in [2.45, 2.75) is 18.4 Å². The largest absolute Gasteiger partial charge is 0.381 e. The number of carbonyl (C=O) groups excluding carboxylic acids is 1. The Morgan fingerprint density at radius 1 is 1.48 bits per heavy atom. The number of rotatable bonds is 5. The molecule has 1 aromatic carbocycles. The van der Waals surface area contributed by atoms with E-state index in [0.29, 0.717) is 12.3 Å². The van der Waals surface area contributed by atoms with E-state index in [9.17, 15) is 9.90 Å². The number of benzene rings is 1. The molecule has 114 valence electrons. The first-order valence-electron chi connectivity index (χ1n) is 6.79. The molecule has 5 nitrogen and oxygen atoms in total. The van der Waals surface area contributed by atoms with Gasteiger partial charge in [0.1, 0.15) is 11.3 Å². The van der Waals surface area contributed by atoms with Gasteiger partial charge in [-0.25, -0.2) is 0 Å². The summed E-state index contributed by atoms with van der Waals surface area (Å²) in [6.07, 6.45) is 0. The van der Waals surface area contributed by atoms with Crippen LogP contribution < -0.4 is 5.43 Å². The number of hydrogen-bond acceptors (Lipinski definition) is 5. The minimum Gasteiger partial charge on any atom is -0.381 e. The van der Waals surface area contributed by atoms with Gasteiger partial charge in [0.05, 0.1) is 5.92 Å². The molecule has 0 aliphatic carbocycles. The predicted octanol–water partition coefficient (Wildman–Crippen LogP) is 1.37. The minimum atomic E-state index is -1.44. The molecule has 0 aromatic heterocycles. The number of halogens is 1. The maximum Gasteiger partial charge on any atom is 0.211 e. The van der Waals surface area contributed by atoms with E-state index in [2.05, 4.69) is 26.5 Å². The van der Waals surface area contributed by atoms with Crippen LogP contribution in [0.4, 0.5) is 0 Å². The Kier molecular flexibility index (Phi) is 4.81. The predicted molar refractivity (Wildman–Crippen MR) is 86.5 cm³/mol. The summed E-state index contributed by atoms with van der Waals surface area (Å²) in [6.45, 7) is 2.37. The molecule has 6 heteroatoms. The molecule has 1 heterocycles. The van der Waals surface area contributed by atoms with Gasteiger partial charge in [-0.15, -0.1) is 0 Å². The van der Waals surface area contributed by atoms with E-state index >= 15 is 0 Å². The maximum absolute atomic E-state index is 12.6. The van der Waals surface area contributed by atoms with E-state index in [1.807, 2.05) is 38.4 Å². The lowest BCUT2D eigenvalue weighted by Crippen LogP contribution is -2.48. The summed E-state index contributed by atoms with van der Waals surface area (Å²) >= 11 is 3.40. The van der Waals surface area contributed by atoms with Crippen LogP contribution in [0.3, 0.4) is 0 Å². The number of nitrogens with one attached hydrogen (secondary N) is 1. The van der Waals surface area contributed by atoms with Gasteiger partial charge in [0.2, 0.25) is 5.78 Å². The first-order valence-corrected chi connectivity index (χ1v) is 7.58. The molecule has 1 aliphatic heterocycles. The Hall–Kier alpha value is -1.24. The molecule has 0 amide bonds. The van der Waals surface area contributed by atoms with Crippen molar-refractivity contribution in [1.82, 2.24) is 10.3 Å². The third-order valence-corrected chi connectivity index (χ3v) is 3.97. The zero-order valence-electron chi connectivity index (χ0n) is 12.4. The van der Waals surface area contributed by atoms with Crippen LogP contribution in [0, 0.1) is 0 Å². The number of hydrazone groups is 1. The monoisotopic (exact) mass is 353 g/mol. The molecule has 0 bridgehead atoms. The molecule has 0 saturated carbocycles. The molecular formula is C15H20BrN3O2. The number of likely N-dealkylation sites (N-methyl/N-ethyl adjacent to an activating group) is 1. The van der Waals surface area contributed by atoms with E-state index in [1.165, 1.54) is 6.92 Å². The Morgan fingerprint density at radius 2 is 2.10 bits per heavy atom. The van der Waals surface area contributed by atoms with Crippen LogP contribution in [-0.2, 0) is 4.79 Å². The van der Waals surface area contributed by atoms with Gasteiger partial charge < -0.3 is 15.4 Å². The van der Waals surface area contributed by atoms with Crippen LogP contribution in [0.15, 0.2) is 33.8 Å². The number of aliphatic hydroxyl groups is 1. The number of carbonyl (C=O) groups is 1. The first kappa shape index (κ1) is 16.1. The average molecular weight is 354 g/mol. The normalized spacial score (nSPS) is 20.9. The highest BCUT2D eigenvalue weighted by Crippen LogP contribution is 2.25. The highest BCUT2D eigenvalue weighted by molar-refractivity contribution is 9.10. The number of ketones is 1. The summed E-state index contributed by atoms with van der Waals surface area (Å²) in [5.41, 5.74) is 2.83. The minimum absolute atomic E-state index is 0.126. The Balaban J connectivity index is 2.22. The van der Waals surface area contributed by atoms with Gasteiger partial charge in [0.25, 0.3) is 0 Å². The fourth-order valence-corrected chi connectivity index (χ4v) is 2.80. The molecule has 2 rings (SSSR count). The van der Waals surface area contributed by atoms with E-state index in [0.717, 1.165) is 10.0 Å². The molecule has 21 heavy (non-hydrogen) atoms. The van der Waals surface area contributed by atoms with Gasteiger partial charge in [-0.1, -0.05) is 28.1 Å². The van der Waals surface area contributed by atoms with E-state index < -0.39 is 5.60 Å². The summed E-state index contributed by atoms with van der Waals surface area (Å²) in [7, 11) is 3.64. The van der Waals surface area contributed by atoms with Crippen molar-refractivity contribution in [2.75, 3.05) is 27.2 Å². The standard InChI is InChI=1S/C15H20BrN3O2/c1-15(21,9-19(2)3)14(20)13-12(8-17-18-13)10-4-6-11(16)7-5-10/h4-7,12,17,21H,8-9H2,1-3H3/t12-,15+/m0/s1.